The Morgan fingerprint density at radius 3 is 2.83 bits per heavy atom. The van der Waals surface area contributed by atoms with Gasteiger partial charge in [-0.25, -0.2) is 0 Å². The highest BCUT2D eigenvalue weighted by molar-refractivity contribution is 5.76. The number of aliphatic hydroxyl groups excluding tert-OH is 2. The molecule has 3 aliphatic rings. The van der Waals surface area contributed by atoms with Gasteiger partial charge in [-0.1, -0.05) is 38.2 Å². The summed E-state index contributed by atoms with van der Waals surface area (Å²) >= 11 is 0. The highest BCUT2D eigenvalue weighted by Gasteiger charge is 2.50. The molecule has 0 unspecified atom stereocenters. The number of hydrogen-bond acceptors (Lipinski definition) is 4. The zero-order valence-electron chi connectivity index (χ0n) is 18.3. The number of ketones is 1. The predicted molar refractivity (Wildman–Crippen MR) is 115 cm³/mol. The third kappa shape index (κ3) is 4.92. The largest absolute Gasteiger partial charge is 0.393 e. The number of hydrogen-bond donors (Lipinski definition) is 2. The second-order valence-electron chi connectivity index (χ2n) is 9.86. The second-order valence-corrected chi connectivity index (χ2v) is 9.86. The van der Waals surface area contributed by atoms with Crippen molar-refractivity contribution in [1.29, 1.82) is 0 Å². The normalized spacial score (nSPS) is 39.0. The van der Waals surface area contributed by atoms with Crippen molar-refractivity contribution in [3.63, 3.8) is 0 Å². The van der Waals surface area contributed by atoms with Gasteiger partial charge in [-0.05, 0) is 79.8 Å². The molecule has 3 saturated carbocycles. The van der Waals surface area contributed by atoms with E-state index in [1.54, 1.807) is 6.92 Å². The van der Waals surface area contributed by atoms with Gasteiger partial charge >= 0.3 is 0 Å². The molecule has 0 radical (unpaired) electrons. The molecule has 0 spiro atoms. The predicted octanol–water partition coefficient (Wildman–Crippen LogP) is 4.37. The SMILES string of the molecule is C=C1/C(=C\C=C2/CCC[C@]3(C)[C@@H]([C@H](C)COCC(C)=O)CC[C@@H]23)C[C@@H](O)C[C@@H]1O. The van der Waals surface area contributed by atoms with Gasteiger partial charge in [0.05, 0.1) is 18.8 Å². The monoisotopic (exact) mass is 402 g/mol. The molecule has 0 heterocycles. The molecule has 0 amide bonds. The van der Waals surface area contributed by atoms with Crippen LogP contribution in [-0.4, -0.2) is 41.4 Å². The summed E-state index contributed by atoms with van der Waals surface area (Å²) in [4.78, 5) is 11.2. The maximum absolute atomic E-state index is 11.2. The molecular weight excluding hydrogens is 364 g/mol. The minimum absolute atomic E-state index is 0.0863. The van der Waals surface area contributed by atoms with Crippen LogP contribution in [0.1, 0.15) is 65.7 Å². The van der Waals surface area contributed by atoms with Crippen LogP contribution in [0.5, 0.6) is 0 Å². The second kappa shape index (κ2) is 9.28. The average Bonchev–Trinajstić information content (AvgIpc) is 3.00. The molecule has 0 saturated heterocycles. The highest BCUT2D eigenvalue weighted by atomic mass is 16.5. The standard InChI is InChI=1S/C25H38O4/c1-16(14-29-15-17(2)26)22-9-10-23-19(6-5-11-25(22,23)4)7-8-20-12-21(27)13-24(28)18(20)3/h7-8,16,21-24,27-28H,3,5-6,9-15H2,1-2,4H3/b19-7+,20-8-/t16-,21-,22-,23+,24+,25-/m1/s1. The van der Waals surface area contributed by atoms with Gasteiger partial charge in [0.2, 0.25) is 0 Å². The smallest absolute Gasteiger partial charge is 0.155 e. The van der Waals surface area contributed by atoms with Crippen LogP contribution in [0.15, 0.2) is 35.5 Å². The Morgan fingerprint density at radius 2 is 2.10 bits per heavy atom. The Morgan fingerprint density at radius 1 is 1.34 bits per heavy atom. The van der Waals surface area contributed by atoms with Gasteiger partial charge in [0.25, 0.3) is 0 Å². The summed E-state index contributed by atoms with van der Waals surface area (Å²) in [7, 11) is 0. The molecule has 4 nitrogen and oxygen atoms in total. The van der Waals surface area contributed by atoms with E-state index in [2.05, 4.69) is 32.6 Å². The molecule has 29 heavy (non-hydrogen) atoms. The fourth-order valence-corrected chi connectivity index (χ4v) is 6.18. The van der Waals surface area contributed by atoms with Gasteiger partial charge in [-0.2, -0.15) is 0 Å². The zero-order chi connectivity index (χ0) is 21.2. The number of ether oxygens (including phenoxy) is 1. The maximum atomic E-state index is 11.2. The lowest BCUT2D eigenvalue weighted by Crippen LogP contribution is -2.37. The Kier molecular flexibility index (Phi) is 7.19. The van der Waals surface area contributed by atoms with Gasteiger partial charge in [0, 0.05) is 6.42 Å². The van der Waals surface area contributed by atoms with Crippen molar-refractivity contribution in [2.75, 3.05) is 13.2 Å². The van der Waals surface area contributed by atoms with Crippen molar-refractivity contribution in [2.45, 2.75) is 77.9 Å². The molecule has 6 atom stereocenters. The number of fused-ring (bicyclic) bond motifs is 1. The molecule has 3 rings (SSSR count). The molecule has 0 aromatic rings. The lowest BCUT2D eigenvalue weighted by atomic mass is 9.61. The third-order valence-electron chi connectivity index (χ3n) is 7.68. The molecule has 3 aliphatic carbocycles. The van der Waals surface area contributed by atoms with E-state index in [-0.39, 0.29) is 17.8 Å². The van der Waals surface area contributed by atoms with Gasteiger partial charge in [0.15, 0.2) is 5.78 Å². The van der Waals surface area contributed by atoms with Crippen LogP contribution in [0, 0.1) is 23.2 Å². The van der Waals surface area contributed by atoms with Crippen LogP contribution in [-0.2, 0) is 9.53 Å². The molecule has 4 heteroatoms. The third-order valence-corrected chi connectivity index (χ3v) is 7.68. The van der Waals surface area contributed by atoms with Crippen molar-refractivity contribution in [2.24, 2.45) is 23.2 Å². The van der Waals surface area contributed by atoms with Crippen molar-refractivity contribution in [1.82, 2.24) is 0 Å². The zero-order valence-corrected chi connectivity index (χ0v) is 18.3. The minimum atomic E-state index is -0.633. The number of Topliss-reactive ketones (excluding diaryl/α,β-unsaturated/α-hetero) is 1. The van der Waals surface area contributed by atoms with E-state index in [1.807, 2.05) is 0 Å². The van der Waals surface area contributed by atoms with E-state index in [9.17, 15) is 15.0 Å². The van der Waals surface area contributed by atoms with Gasteiger partial charge < -0.3 is 14.9 Å². The van der Waals surface area contributed by atoms with E-state index >= 15 is 0 Å². The summed E-state index contributed by atoms with van der Waals surface area (Å²) in [5.41, 5.74) is 3.53. The fraction of sp³-hybridized carbons (Fsp3) is 0.720. The van der Waals surface area contributed by atoms with E-state index in [4.69, 9.17) is 4.74 Å². The first-order chi connectivity index (χ1) is 13.7. The summed E-state index contributed by atoms with van der Waals surface area (Å²) in [5.74, 6) is 1.73. The van der Waals surface area contributed by atoms with Crippen LogP contribution >= 0.6 is 0 Å². The van der Waals surface area contributed by atoms with Crippen molar-refractivity contribution >= 4 is 5.78 Å². The van der Waals surface area contributed by atoms with Crippen LogP contribution in [0.3, 0.4) is 0 Å². The lowest BCUT2D eigenvalue weighted by Gasteiger charge is -2.44. The molecule has 3 fully saturated rings. The average molecular weight is 403 g/mol. The highest BCUT2D eigenvalue weighted by Crippen LogP contribution is 2.59. The van der Waals surface area contributed by atoms with Gasteiger partial charge in [-0.15, -0.1) is 0 Å². The summed E-state index contributed by atoms with van der Waals surface area (Å²) in [6.07, 6.45) is 10.2. The lowest BCUT2D eigenvalue weighted by molar-refractivity contribution is -0.122. The molecule has 2 N–H and O–H groups in total. The first kappa shape index (κ1) is 22.5. The Bertz CT molecular complexity index is 691. The number of carbonyl (C=O) groups is 1. The number of rotatable bonds is 6. The molecular formula is C25H38O4. The molecule has 0 bridgehead atoms. The number of carbonyl (C=O) groups excluding carboxylic acids is 1. The molecule has 162 valence electrons. The Balaban J connectivity index is 1.72. The van der Waals surface area contributed by atoms with E-state index in [1.165, 1.54) is 31.3 Å². The molecule has 0 aromatic heterocycles. The van der Waals surface area contributed by atoms with E-state index in [0.717, 1.165) is 17.6 Å². The number of allylic oxidation sites excluding steroid dienone is 3. The molecule has 0 aromatic carbocycles. The first-order valence-electron chi connectivity index (χ1n) is 11.2. The van der Waals surface area contributed by atoms with Gasteiger partial charge in [-0.3, -0.25) is 4.79 Å². The van der Waals surface area contributed by atoms with E-state index < -0.39 is 12.2 Å². The maximum Gasteiger partial charge on any atom is 0.155 e. The van der Waals surface area contributed by atoms with Crippen LogP contribution < -0.4 is 0 Å². The summed E-state index contributed by atoms with van der Waals surface area (Å²) in [6.45, 7) is 11.2. The molecule has 0 aliphatic heterocycles. The Hall–Kier alpha value is -1.23. The van der Waals surface area contributed by atoms with Crippen molar-refractivity contribution in [3.05, 3.63) is 35.5 Å². The fourth-order valence-electron chi connectivity index (χ4n) is 6.18. The Labute approximate surface area is 175 Å². The van der Waals surface area contributed by atoms with Crippen molar-refractivity contribution < 1.29 is 19.7 Å². The summed E-state index contributed by atoms with van der Waals surface area (Å²) in [5, 5.41) is 20.1. The summed E-state index contributed by atoms with van der Waals surface area (Å²) in [6, 6.07) is 0. The minimum Gasteiger partial charge on any atom is -0.393 e. The quantitative estimate of drug-likeness (QED) is 0.692. The van der Waals surface area contributed by atoms with Crippen LogP contribution in [0.4, 0.5) is 0 Å². The van der Waals surface area contributed by atoms with E-state index in [0.29, 0.717) is 37.2 Å². The summed E-state index contributed by atoms with van der Waals surface area (Å²) < 4.78 is 5.65. The first-order valence-corrected chi connectivity index (χ1v) is 11.2. The number of aliphatic hydroxyl groups is 2. The van der Waals surface area contributed by atoms with Gasteiger partial charge in [0.1, 0.15) is 6.61 Å². The van der Waals surface area contributed by atoms with Crippen LogP contribution in [0.25, 0.3) is 0 Å². The topological polar surface area (TPSA) is 66.8 Å². The van der Waals surface area contributed by atoms with Crippen molar-refractivity contribution in [3.8, 4) is 0 Å². The van der Waals surface area contributed by atoms with Crippen LogP contribution in [0.2, 0.25) is 0 Å².